The van der Waals surface area contributed by atoms with Crippen LogP contribution in [0.25, 0.3) is 16.5 Å². The van der Waals surface area contributed by atoms with Crippen LogP contribution < -0.4 is 0 Å². The first-order chi connectivity index (χ1) is 16.0. The van der Waals surface area contributed by atoms with Gasteiger partial charge in [-0.3, -0.25) is 4.90 Å². The first kappa shape index (κ1) is 21.4. The van der Waals surface area contributed by atoms with Crippen LogP contribution in [-0.4, -0.2) is 56.7 Å². The molecule has 4 aromatic rings. The monoisotopic (exact) mass is 506 g/mol. The summed E-state index contributed by atoms with van der Waals surface area (Å²) in [7, 11) is 0. The van der Waals surface area contributed by atoms with Crippen molar-refractivity contribution in [3.05, 3.63) is 57.1 Å². The Morgan fingerprint density at radius 3 is 2.58 bits per heavy atom. The molecule has 2 aliphatic rings. The van der Waals surface area contributed by atoms with Crippen LogP contribution in [-0.2, 0) is 9.47 Å². The smallest absolute Gasteiger partial charge is 0.230 e. The summed E-state index contributed by atoms with van der Waals surface area (Å²) in [5.74, 6) is 0.493. The van der Waals surface area contributed by atoms with Crippen molar-refractivity contribution in [3.63, 3.8) is 0 Å². The third kappa shape index (κ3) is 3.73. The minimum Gasteiger partial charge on any atom is -0.492 e. The summed E-state index contributed by atoms with van der Waals surface area (Å²) in [6.45, 7) is 2.68. The molecule has 0 radical (unpaired) electrons. The highest BCUT2D eigenvalue weighted by Gasteiger charge is 2.42. The number of furan rings is 1. The van der Waals surface area contributed by atoms with E-state index < -0.39 is 5.79 Å². The van der Waals surface area contributed by atoms with Gasteiger partial charge in [-0.15, -0.1) is 5.10 Å². The van der Waals surface area contributed by atoms with Crippen LogP contribution in [0.15, 0.2) is 41.0 Å². The number of rotatable bonds is 4. The minimum absolute atomic E-state index is 0.0324. The maximum atomic E-state index is 11.2. The molecule has 0 aliphatic carbocycles. The van der Waals surface area contributed by atoms with Crippen molar-refractivity contribution in [2.75, 3.05) is 26.3 Å². The highest BCUT2D eigenvalue weighted by Crippen LogP contribution is 2.45. The molecule has 1 atom stereocenters. The summed E-state index contributed by atoms with van der Waals surface area (Å²) < 4.78 is 18.6. The topological polar surface area (TPSA) is 85.3 Å². The van der Waals surface area contributed by atoms with Crippen LogP contribution in [0.2, 0.25) is 10.0 Å². The van der Waals surface area contributed by atoms with E-state index in [9.17, 15) is 5.11 Å². The molecule has 3 aromatic heterocycles. The predicted molar refractivity (Wildman–Crippen MR) is 124 cm³/mol. The molecule has 2 fully saturated rings. The fourth-order valence-electron chi connectivity index (χ4n) is 4.57. The van der Waals surface area contributed by atoms with E-state index >= 15 is 0 Å². The van der Waals surface area contributed by atoms with Crippen molar-refractivity contribution in [2.45, 2.75) is 24.7 Å². The standard InChI is InChI=1S/C22H20Cl2N4O4S/c23-13-3-4-14(15(24)12-13)17(27-7-5-22(6-8-27)31-10-11-32-22)18-20(29)28-21(33-18)25-19(26-28)16-2-1-9-30-16/h1-4,9,12,17,29H,5-8,10-11H2/t17-/m0/s1. The van der Waals surface area contributed by atoms with E-state index in [0.29, 0.717) is 57.8 Å². The van der Waals surface area contributed by atoms with Crippen LogP contribution in [0.5, 0.6) is 5.88 Å². The number of nitrogens with zero attached hydrogens (tertiary/aromatic N) is 4. The summed E-state index contributed by atoms with van der Waals surface area (Å²) in [5, 5.41) is 16.8. The Morgan fingerprint density at radius 2 is 1.91 bits per heavy atom. The van der Waals surface area contributed by atoms with E-state index in [2.05, 4.69) is 15.0 Å². The highest BCUT2D eigenvalue weighted by atomic mass is 35.5. The van der Waals surface area contributed by atoms with E-state index in [-0.39, 0.29) is 11.9 Å². The molecule has 0 unspecified atom stereocenters. The summed E-state index contributed by atoms with van der Waals surface area (Å²) >= 11 is 14.2. The van der Waals surface area contributed by atoms with Crippen LogP contribution in [0.4, 0.5) is 0 Å². The molecule has 172 valence electrons. The number of aromatic nitrogens is 3. The maximum absolute atomic E-state index is 11.2. The number of fused-ring (bicyclic) bond motifs is 1. The number of hydrogen-bond acceptors (Lipinski definition) is 8. The molecule has 5 heterocycles. The van der Waals surface area contributed by atoms with Crippen LogP contribution in [0, 0.1) is 0 Å². The van der Waals surface area contributed by atoms with Gasteiger partial charge in [-0.25, -0.2) is 0 Å². The van der Waals surface area contributed by atoms with E-state index in [1.54, 1.807) is 24.5 Å². The van der Waals surface area contributed by atoms with Crippen molar-refractivity contribution in [1.82, 2.24) is 19.5 Å². The summed E-state index contributed by atoms with van der Waals surface area (Å²) in [4.78, 5) is 8.12. The number of hydrogen-bond donors (Lipinski definition) is 1. The van der Waals surface area contributed by atoms with Crippen molar-refractivity contribution in [1.29, 1.82) is 0 Å². The molecule has 2 saturated heterocycles. The van der Waals surface area contributed by atoms with E-state index in [1.165, 1.54) is 15.9 Å². The zero-order valence-electron chi connectivity index (χ0n) is 17.4. The Labute approximate surface area is 203 Å². The van der Waals surface area contributed by atoms with Crippen LogP contribution in [0.3, 0.4) is 0 Å². The average Bonchev–Trinajstić information content (AvgIpc) is 3.59. The average molecular weight is 507 g/mol. The lowest BCUT2D eigenvalue weighted by atomic mass is 9.97. The van der Waals surface area contributed by atoms with E-state index in [0.717, 1.165) is 18.4 Å². The molecule has 2 aliphatic heterocycles. The third-order valence-corrected chi connectivity index (χ3v) is 7.82. The summed E-state index contributed by atoms with van der Waals surface area (Å²) in [5.41, 5.74) is 0.858. The first-order valence-corrected chi connectivity index (χ1v) is 12.2. The van der Waals surface area contributed by atoms with Gasteiger partial charge in [-0.05, 0) is 29.8 Å². The van der Waals surface area contributed by atoms with Gasteiger partial charge in [0.1, 0.15) is 0 Å². The Kier molecular flexibility index (Phi) is 5.36. The lowest BCUT2D eigenvalue weighted by Crippen LogP contribution is -2.46. The SMILES string of the molecule is Oc1c([C@H](c2ccc(Cl)cc2Cl)N2CCC3(CC2)OCCO3)sc2nc(-c3ccco3)nn12. The first-order valence-electron chi connectivity index (χ1n) is 10.6. The van der Waals surface area contributed by atoms with Crippen molar-refractivity contribution in [2.24, 2.45) is 0 Å². The van der Waals surface area contributed by atoms with Gasteiger partial charge in [0, 0.05) is 36.0 Å². The molecule has 33 heavy (non-hydrogen) atoms. The largest absolute Gasteiger partial charge is 0.492 e. The highest BCUT2D eigenvalue weighted by molar-refractivity contribution is 7.17. The third-order valence-electron chi connectivity index (χ3n) is 6.19. The van der Waals surface area contributed by atoms with Crippen LogP contribution in [0.1, 0.15) is 29.3 Å². The van der Waals surface area contributed by atoms with Gasteiger partial charge in [0.25, 0.3) is 0 Å². The van der Waals surface area contributed by atoms with Gasteiger partial charge >= 0.3 is 0 Å². The van der Waals surface area contributed by atoms with Gasteiger partial charge in [0.2, 0.25) is 16.7 Å². The molecule has 1 N–H and O–H groups in total. The lowest BCUT2D eigenvalue weighted by molar-refractivity contribution is -0.187. The summed E-state index contributed by atoms with van der Waals surface area (Å²) in [6, 6.07) is 8.70. The van der Waals surface area contributed by atoms with Crippen molar-refractivity contribution in [3.8, 4) is 17.5 Å². The normalized spacial score (nSPS) is 19.6. The predicted octanol–water partition coefficient (Wildman–Crippen LogP) is 4.99. The van der Waals surface area contributed by atoms with Crippen LogP contribution >= 0.6 is 34.5 Å². The quantitative estimate of drug-likeness (QED) is 0.417. The second-order valence-corrected chi connectivity index (χ2v) is 9.96. The Bertz CT molecular complexity index is 1290. The molecule has 0 amide bonds. The molecule has 1 aromatic carbocycles. The Morgan fingerprint density at radius 1 is 1.12 bits per heavy atom. The van der Waals surface area contributed by atoms with Gasteiger partial charge in [0.15, 0.2) is 11.5 Å². The lowest BCUT2D eigenvalue weighted by Gasteiger charge is -2.41. The molecule has 0 saturated carbocycles. The van der Waals surface area contributed by atoms with Gasteiger partial charge in [-0.1, -0.05) is 40.6 Å². The number of ether oxygens (including phenoxy) is 2. The molecule has 1 spiro atoms. The molecule has 0 bridgehead atoms. The number of benzene rings is 1. The molecular weight excluding hydrogens is 487 g/mol. The Hall–Kier alpha value is -2.14. The molecule has 11 heteroatoms. The molecule has 8 nitrogen and oxygen atoms in total. The fraction of sp³-hybridized carbons (Fsp3) is 0.364. The zero-order chi connectivity index (χ0) is 22.6. The fourth-order valence-corrected chi connectivity index (χ4v) is 6.19. The van der Waals surface area contributed by atoms with Crippen molar-refractivity contribution >= 4 is 39.5 Å². The minimum atomic E-state index is -0.504. The second kappa shape index (κ2) is 8.26. The number of likely N-dealkylation sites (tertiary alicyclic amines) is 1. The second-order valence-electron chi connectivity index (χ2n) is 8.11. The van der Waals surface area contributed by atoms with Gasteiger partial charge in [-0.2, -0.15) is 9.50 Å². The maximum Gasteiger partial charge on any atom is 0.230 e. The van der Waals surface area contributed by atoms with Gasteiger partial charge in [0.05, 0.1) is 30.4 Å². The zero-order valence-corrected chi connectivity index (χ0v) is 19.7. The molecular formula is C22H20Cl2N4O4S. The Balaban J connectivity index is 1.40. The summed E-state index contributed by atoms with van der Waals surface area (Å²) in [6.07, 6.45) is 3.03. The number of thiazole rings is 1. The number of piperidine rings is 1. The number of halogens is 2. The van der Waals surface area contributed by atoms with Gasteiger partial charge < -0.3 is 19.0 Å². The van der Waals surface area contributed by atoms with E-state index in [4.69, 9.17) is 37.1 Å². The van der Waals surface area contributed by atoms with Crippen molar-refractivity contribution < 1.29 is 19.0 Å². The molecule has 6 rings (SSSR count). The van der Waals surface area contributed by atoms with E-state index in [1.807, 2.05) is 12.1 Å². The number of aromatic hydroxyl groups is 1.